The maximum absolute atomic E-state index is 13.3. The Bertz CT molecular complexity index is 555. The minimum atomic E-state index is -3.74. The van der Waals surface area contributed by atoms with Crippen molar-refractivity contribution in [1.82, 2.24) is 0 Å². The lowest BCUT2D eigenvalue weighted by Crippen LogP contribution is -2.40. The summed E-state index contributed by atoms with van der Waals surface area (Å²) in [7, 11) is -3.74. The van der Waals surface area contributed by atoms with Crippen molar-refractivity contribution in [2.75, 3.05) is 11.1 Å². The van der Waals surface area contributed by atoms with E-state index in [0.29, 0.717) is 0 Å². The molecule has 1 atom stereocenters. The van der Waals surface area contributed by atoms with E-state index in [2.05, 4.69) is 5.32 Å². The van der Waals surface area contributed by atoms with Gasteiger partial charge in [-0.15, -0.1) is 0 Å². The molecule has 1 aliphatic heterocycles. The molecule has 1 unspecified atom stereocenters. The third-order valence-corrected chi connectivity index (χ3v) is 4.10. The van der Waals surface area contributed by atoms with E-state index in [4.69, 9.17) is 5.11 Å². The van der Waals surface area contributed by atoms with Gasteiger partial charge in [0.15, 0.2) is 9.84 Å². The van der Waals surface area contributed by atoms with Crippen molar-refractivity contribution in [3.8, 4) is 0 Å². The van der Waals surface area contributed by atoms with E-state index in [1.165, 1.54) is 12.1 Å². The average molecular weight is 245 g/mol. The average Bonchev–Trinajstić information content (AvgIpc) is 2.18. The van der Waals surface area contributed by atoms with Gasteiger partial charge in [0.05, 0.1) is 16.3 Å². The summed E-state index contributed by atoms with van der Waals surface area (Å²) < 4.78 is 36.7. The molecule has 0 saturated heterocycles. The van der Waals surface area contributed by atoms with Crippen LogP contribution in [-0.4, -0.2) is 31.3 Å². The first kappa shape index (κ1) is 10.9. The number of hydrogen-bond donors (Lipinski definition) is 2. The summed E-state index contributed by atoms with van der Waals surface area (Å²) in [5, 5.41) is 11.1. The molecule has 0 amide bonds. The van der Waals surface area contributed by atoms with Crippen molar-refractivity contribution in [1.29, 1.82) is 0 Å². The van der Waals surface area contributed by atoms with Gasteiger partial charge in [-0.25, -0.2) is 17.6 Å². The number of para-hydroxylation sites is 1. The van der Waals surface area contributed by atoms with Crippen LogP contribution in [-0.2, 0) is 14.6 Å². The first-order valence-electron chi connectivity index (χ1n) is 4.42. The molecule has 7 heteroatoms. The SMILES string of the molecule is O=C(O)C1CS(=O)(=O)c2cccc(F)c2N1. The number of sulfone groups is 1. The fraction of sp³-hybridized carbons (Fsp3) is 0.222. The second-order valence-electron chi connectivity index (χ2n) is 3.43. The predicted molar refractivity (Wildman–Crippen MR) is 53.5 cm³/mol. The smallest absolute Gasteiger partial charge is 0.327 e. The normalized spacial score (nSPS) is 21.9. The number of carbonyl (C=O) groups is 1. The van der Waals surface area contributed by atoms with E-state index >= 15 is 0 Å². The van der Waals surface area contributed by atoms with E-state index in [1.54, 1.807) is 0 Å². The summed E-state index contributed by atoms with van der Waals surface area (Å²) in [5.41, 5.74) is -0.263. The standard InChI is InChI=1S/C9H8FNO4S/c10-5-2-1-3-7-8(5)11-6(9(12)13)4-16(7,14)15/h1-3,6,11H,4H2,(H,12,13). The van der Waals surface area contributed by atoms with E-state index in [0.717, 1.165) is 6.07 Å². The van der Waals surface area contributed by atoms with Crippen molar-refractivity contribution in [3.63, 3.8) is 0 Å². The maximum Gasteiger partial charge on any atom is 0.327 e. The minimum absolute atomic E-state index is 0.190. The Morgan fingerprint density at radius 3 is 2.81 bits per heavy atom. The summed E-state index contributed by atoms with van der Waals surface area (Å²) in [6, 6.07) is 2.29. The molecular weight excluding hydrogens is 237 g/mol. The van der Waals surface area contributed by atoms with Gasteiger partial charge < -0.3 is 10.4 Å². The molecule has 0 bridgehead atoms. The van der Waals surface area contributed by atoms with Gasteiger partial charge in [-0.2, -0.15) is 0 Å². The van der Waals surface area contributed by atoms with Crippen LogP contribution < -0.4 is 5.32 Å². The number of aliphatic carboxylic acids is 1. The Hall–Kier alpha value is -1.63. The topological polar surface area (TPSA) is 83.5 Å². The number of benzene rings is 1. The second kappa shape index (κ2) is 3.44. The van der Waals surface area contributed by atoms with Gasteiger partial charge in [-0.05, 0) is 12.1 Å². The van der Waals surface area contributed by atoms with E-state index in [9.17, 15) is 17.6 Å². The number of anilines is 1. The summed E-state index contributed by atoms with van der Waals surface area (Å²) in [5.74, 6) is -2.66. The Labute approximate surface area is 90.8 Å². The van der Waals surface area contributed by atoms with Crippen LogP contribution in [0, 0.1) is 5.82 Å². The zero-order chi connectivity index (χ0) is 11.9. The van der Waals surface area contributed by atoms with Crippen LogP contribution in [0.2, 0.25) is 0 Å². The fourth-order valence-electron chi connectivity index (χ4n) is 1.56. The molecule has 86 valence electrons. The van der Waals surface area contributed by atoms with Gasteiger partial charge in [0.1, 0.15) is 11.9 Å². The Morgan fingerprint density at radius 2 is 2.19 bits per heavy atom. The van der Waals surface area contributed by atoms with Crippen molar-refractivity contribution in [2.45, 2.75) is 10.9 Å². The van der Waals surface area contributed by atoms with Gasteiger partial charge in [-0.1, -0.05) is 6.07 Å². The molecule has 0 saturated carbocycles. The molecule has 1 heterocycles. The summed E-state index contributed by atoms with van der Waals surface area (Å²) >= 11 is 0. The number of nitrogens with one attached hydrogen (secondary N) is 1. The van der Waals surface area contributed by atoms with Crippen molar-refractivity contribution in [2.24, 2.45) is 0 Å². The molecule has 1 aromatic carbocycles. The fourth-order valence-corrected chi connectivity index (χ4v) is 3.16. The highest BCUT2D eigenvalue weighted by atomic mass is 32.2. The summed E-state index contributed by atoms with van der Waals surface area (Å²) in [6.07, 6.45) is 0. The molecule has 0 fully saturated rings. The molecule has 2 rings (SSSR count). The van der Waals surface area contributed by atoms with Crippen LogP contribution in [0.25, 0.3) is 0 Å². The highest BCUT2D eigenvalue weighted by Gasteiger charge is 2.35. The molecule has 0 aromatic heterocycles. The molecule has 0 spiro atoms. The number of rotatable bonds is 1. The van der Waals surface area contributed by atoms with Crippen LogP contribution in [0.3, 0.4) is 0 Å². The first-order chi connectivity index (χ1) is 7.42. The summed E-state index contributed by atoms with van der Waals surface area (Å²) in [6.45, 7) is 0. The maximum atomic E-state index is 13.3. The van der Waals surface area contributed by atoms with Crippen molar-refractivity contribution in [3.05, 3.63) is 24.0 Å². The minimum Gasteiger partial charge on any atom is -0.480 e. The van der Waals surface area contributed by atoms with Crippen molar-refractivity contribution >= 4 is 21.5 Å². The highest BCUT2D eigenvalue weighted by molar-refractivity contribution is 7.91. The second-order valence-corrected chi connectivity index (χ2v) is 5.43. The lowest BCUT2D eigenvalue weighted by atomic mass is 10.2. The van der Waals surface area contributed by atoms with Crippen LogP contribution >= 0.6 is 0 Å². The number of carboxylic acid groups (broad SMARTS) is 1. The van der Waals surface area contributed by atoms with E-state index in [1.807, 2.05) is 0 Å². The highest BCUT2D eigenvalue weighted by Crippen LogP contribution is 2.30. The molecule has 0 aliphatic carbocycles. The van der Waals surface area contributed by atoms with Crippen LogP contribution in [0.4, 0.5) is 10.1 Å². The Balaban J connectivity index is 2.61. The van der Waals surface area contributed by atoms with Crippen molar-refractivity contribution < 1.29 is 22.7 Å². The van der Waals surface area contributed by atoms with Gasteiger partial charge in [0.25, 0.3) is 0 Å². The summed E-state index contributed by atoms with van der Waals surface area (Å²) in [4.78, 5) is 10.5. The molecule has 1 aromatic rings. The van der Waals surface area contributed by atoms with Gasteiger partial charge >= 0.3 is 5.97 Å². The lowest BCUT2D eigenvalue weighted by molar-refractivity contribution is -0.137. The van der Waals surface area contributed by atoms with Crippen LogP contribution in [0.15, 0.2) is 23.1 Å². The molecule has 5 nitrogen and oxygen atoms in total. The largest absolute Gasteiger partial charge is 0.480 e. The molecule has 1 aliphatic rings. The molecule has 0 radical (unpaired) electrons. The Morgan fingerprint density at radius 1 is 1.50 bits per heavy atom. The molecule has 16 heavy (non-hydrogen) atoms. The third-order valence-electron chi connectivity index (χ3n) is 2.31. The first-order valence-corrected chi connectivity index (χ1v) is 6.07. The molecule has 2 N–H and O–H groups in total. The van der Waals surface area contributed by atoms with E-state index < -0.39 is 33.4 Å². The Kier molecular flexibility index (Phi) is 2.34. The van der Waals surface area contributed by atoms with Gasteiger partial charge in [0, 0.05) is 0 Å². The van der Waals surface area contributed by atoms with Gasteiger partial charge in [-0.3, -0.25) is 0 Å². The molecular formula is C9H8FNO4S. The monoisotopic (exact) mass is 245 g/mol. The number of halogens is 1. The number of hydrogen-bond acceptors (Lipinski definition) is 4. The quantitative estimate of drug-likeness (QED) is 0.751. The zero-order valence-electron chi connectivity index (χ0n) is 7.97. The lowest BCUT2D eigenvalue weighted by Gasteiger charge is -2.24. The number of fused-ring (bicyclic) bond motifs is 1. The third kappa shape index (κ3) is 1.63. The van der Waals surface area contributed by atoms with Crippen LogP contribution in [0.1, 0.15) is 0 Å². The number of carboxylic acids is 1. The van der Waals surface area contributed by atoms with E-state index in [-0.39, 0.29) is 10.6 Å². The van der Waals surface area contributed by atoms with Crippen LogP contribution in [0.5, 0.6) is 0 Å². The zero-order valence-corrected chi connectivity index (χ0v) is 8.79. The predicted octanol–water partition coefficient (Wildman–Crippen LogP) is 0.478. The van der Waals surface area contributed by atoms with Gasteiger partial charge in [0.2, 0.25) is 0 Å².